The van der Waals surface area contributed by atoms with Crippen LogP contribution < -0.4 is 5.11 Å². The number of rotatable bonds is 73. The van der Waals surface area contributed by atoms with Crippen LogP contribution >= 0.6 is 0 Å². The smallest absolute Gasteiger partial charge is 0.306 e. The van der Waals surface area contributed by atoms with E-state index in [1.165, 1.54) is 276 Å². The molecule has 91 heavy (non-hydrogen) atoms. The summed E-state index contributed by atoms with van der Waals surface area (Å²) in [5, 5.41) is 11.8. The second-order valence-electron chi connectivity index (χ2n) is 27.6. The average Bonchev–Trinajstić information content (AvgIpc) is 3.53. The molecule has 0 N–H and O–H groups in total. The van der Waals surface area contributed by atoms with Gasteiger partial charge in [-0.2, -0.15) is 0 Å². The van der Waals surface area contributed by atoms with Crippen LogP contribution in [0.1, 0.15) is 373 Å². The first-order chi connectivity index (χ1) is 44.6. The molecular weight excluding hydrogens is 1130 g/mol. The van der Waals surface area contributed by atoms with E-state index in [1.807, 2.05) is 21.1 Å². The fourth-order valence-corrected chi connectivity index (χ4v) is 11.5. The number of carboxylic acid groups (broad SMARTS) is 1. The van der Waals surface area contributed by atoms with Crippen molar-refractivity contribution in [3.63, 3.8) is 0 Å². The van der Waals surface area contributed by atoms with E-state index in [2.05, 4.69) is 86.8 Å². The third kappa shape index (κ3) is 74.0. The van der Waals surface area contributed by atoms with E-state index in [9.17, 15) is 19.5 Å². The molecule has 2 unspecified atom stereocenters. The van der Waals surface area contributed by atoms with Gasteiger partial charge < -0.3 is 33.3 Å². The number of likely N-dealkylation sites (N-methyl/N-ethyl adjacent to an activating group) is 1. The zero-order valence-corrected chi connectivity index (χ0v) is 60.7. The van der Waals surface area contributed by atoms with Crippen LogP contribution in [0.5, 0.6) is 0 Å². The van der Waals surface area contributed by atoms with Crippen LogP contribution in [-0.4, -0.2) is 82.3 Å². The lowest BCUT2D eigenvalue weighted by molar-refractivity contribution is -0.870. The summed E-state index contributed by atoms with van der Waals surface area (Å²) in [5.41, 5.74) is 0. The number of esters is 2. The van der Waals surface area contributed by atoms with Crippen molar-refractivity contribution in [3.8, 4) is 0 Å². The molecule has 0 fully saturated rings. The number of carbonyl (C=O) groups is 3. The molecule has 0 aliphatic carbocycles. The van der Waals surface area contributed by atoms with Crippen molar-refractivity contribution in [1.29, 1.82) is 0 Å². The number of hydrogen-bond donors (Lipinski definition) is 0. The lowest BCUT2D eigenvalue weighted by Gasteiger charge is -2.26. The zero-order chi connectivity index (χ0) is 66.1. The summed E-state index contributed by atoms with van der Waals surface area (Å²) in [4.78, 5) is 37.6. The lowest BCUT2D eigenvalue weighted by Crippen LogP contribution is -2.44. The van der Waals surface area contributed by atoms with Gasteiger partial charge in [0, 0.05) is 12.8 Å². The van der Waals surface area contributed by atoms with Gasteiger partial charge in [0.1, 0.15) is 13.2 Å². The van der Waals surface area contributed by atoms with Crippen LogP contribution in [0.2, 0.25) is 0 Å². The van der Waals surface area contributed by atoms with E-state index in [0.717, 1.165) is 70.6 Å². The number of allylic oxidation sites excluding steroid dienone is 12. The van der Waals surface area contributed by atoms with E-state index in [4.69, 9.17) is 18.9 Å². The van der Waals surface area contributed by atoms with Gasteiger partial charge in [-0.15, -0.1) is 0 Å². The van der Waals surface area contributed by atoms with E-state index >= 15 is 0 Å². The van der Waals surface area contributed by atoms with E-state index < -0.39 is 24.3 Å². The maximum atomic E-state index is 13.0. The number of unbranched alkanes of at least 4 members (excludes halogenated alkanes) is 46. The van der Waals surface area contributed by atoms with E-state index in [0.29, 0.717) is 17.4 Å². The minimum absolute atomic E-state index is 0.149. The van der Waals surface area contributed by atoms with Crippen molar-refractivity contribution >= 4 is 17.9 Å². The first-order valence-electron chi connectivity index (χ1n) is 39.1. The number of hydrogen-bond acceptors (Lipinski definition) is 8. The Morgan fingerprint density at radius 3 is 0.945 bits per heavy atom. The molecule has 9 heteroatoms. The fraction of sp³-hybridized carbons (Fsp3) is 0.817. The lowest BCUT2D eigenvalue weighted by atomic mass is 10.0. The van der Waals surface area contributed by atoms with E-state index in [1.54, 1.807) is 0 Å². The molecule has 0 aliphatic heterocycles. The second-order valence-corrected chi connectivity index (χ2v) is 27.6. The van der Waals surface area contributed by atoms with Crippen LogP contribution in [0, 0.1) is 0 Å². The highest BCUT2D eigenvalue weighted by molar-refractivity contribution is 5.70. The van der Waals surface area contributed by atoms with Crippen molar-refractivity contribution in [2.24, 2.45) is 0 Å². The molecule has 0 saturated heterocycles. The Kier molecular flexibility index (Phi) is 69.9. The molecule has 0 aromatic rings. The van der Waals surface area contributed by atoms with Gasteiger partial charge in [-0.25, -0.2) is 0 Å². The number of carboxylic acids is 1. The number of nitrogens with zero attached hydrogens (tertiary/aromatic N) is 1. The van der Waals surface area contributed by atoms with Gasteiger partial charge in [0.05, 0.1) is 40.3 Å². The van der Waals surface area contributed by atoms with Crippen molar-refractivity contribution in [2.45, 2.75) is 386 Å². The third-order valence-corrected chi connectivity index (χ3v) is 17.4. The Morgan fingerprint density at radius 2 is 0.626 bits per heavy atom. The SMILES string of the molecule is CC/C=C\C/C=C\C/C=C\C/C=C\C/C=C\CCCCCCCCCCCCCCCCCCCCCCCCCCCC(=O)OC(COC(=O)CCCCCCCCCCCCCCC/C=C\CCCCCCCCCC)COC(OCC[N+](C)(C)C)C(=O)[O-]. The van der Waals surface area contributed by atoms with Crippen LogP contribution in [-0.2, 0) is 33.3 Å². The molecule has 0 bridgehead atoms. The second kappa shape index (κ2) is 72.6. The first-order valence-corrected chi connectivity index (χ1v) is 39.1. The summed E-state index contributed by atoms with van der Waals surface area (Å²) < 4.78 is 22.9. The molecule has 0 aromatic carbocycles. The Hall–Kier alpha value is -3.27. The Balaban J connectivity index is 3.96. The molecule has 0 heterocycles. The molecule has 0 aromatic heterocycles. The number of aliphatic carboxylic acids is 1. The Bertz CT molecular complexity index is 1730. The summed E-state index contributed by atoms with van der Waals surface area (Å²) in [7, 11) is 5.95. The van der Waals surface area contributed by atoms with Crippen molar-refractivity contribution in [1.82, 2.24) is 0 Å². The van der Waals surface area contributed by atoms with Crippen molar-refractivity contribution in [3.05, 3.63) is 72.9 Å². The molecular formula is C82H149NO8. The quantitative estimate of drug-likeness (QED) is 0.0195. The summed E-state index contributed by atoms with van der Waals surface area (Å²) in [6, 6.07) is 0. The predicted octanol–water partition coefficient (Wildman–Crippen LogP) is 23.5. The van der Waals surface area contributed by atoms with Crippen molar-refractivity contribution in [2.75, 3.05) is 47.5 Å². The van der Waals surface area contributed by atoms with Gasteiger partial charge in [0.15, 0.2) is 12.4 Å². The molecule has 9 nitrogen and oxygen atoms in total. The largest absolute Gasteiger partial charge is 0.545 e. The van der Waals surface area contributed by atoms with Crippen LogP contribution in [0.4, 0.5) is 0 Å². The maximum absolute atomic E-state index is 13.0. The highest BCUT2D eigenvalue weighted by atomic mass is 16.7. The van der Waals surface area contributed by atoms with Crippen LogP contribution in [0.15, 0.2) is 72.9 Å². The minimum Gasteiger partial charge on any atom is -0.545 e. The summed E-state index contributed by atoms with van der Waals surface area (Å²) >= 11 is 0. The molecule has 0 aliphatic rings. The Morgan fingerprint density at radius 1 is 0.341 bits per heavy atom. The third-order valence-electron chi connectivity index (χ3n) is 17.4. The topological polar surface area (TPSA) is 111 Å². The van der Waals surface area contributed by atoms with Crippen LogP contribution in [0.3, 0.4) is 0 Å². The first kappa shape index (κ1) is 87.7. The fourth-order valence-electron chi connectivity index (χ4n) is 11.5. The number of quaternary nitrogens is 1. The normalized spacial score (nSPS) is 13.0. The predicted molar refractivity (Wildman–Crippen MR) is 389 cm³/mol. The summed E-state index contributed by atoms with van der Waals surface area (Å²) in [6.45, 7) is 4.69. The number of carbonyl (C=O) groups excluding carboxylic acids is 3. The zero-order valence-electron chi connectivity index (χ0n) is 60.7. The summed E-state index contributed by atoms with van der Waals surface area (Å²) in [5.74, 6) is -2.26. The molecule has 0 amide bonds. The van der Waals surface area contributed by atoms with E-state index in [-0.39, 0.29) is 32.2 Å². The van der Waals surface area contributed by atoms with Crippen LogP contribution in [0.25, 0.3) is 0 Å². The molecule has 0 saturated carbocycles. The highest BCUT2D eigenvalue weighted by Crippen LogP contribution is 2.19. The minimum atomic E-state index is -1.62. The van der Waals surface area contributed by atoms with Gasteiger partial charge in [0.25, 0.3) is 0 Å². The van der Waals surface area contributed by atoms with Crippen molar-refractivity contribution < 1.29 is 42.9 Å². The van der Waals surface area contributed by atoms with Gasteiger partial charge in [-0.1, -0.05) is 350 Å². The molecule has 0 radical (unpaired) electrons. The molecule has 0 spiro atoms. The van der Waals surface area contributed by atoms with Gasteiger partial charge >= 0.3 is 11.9 Å². The highest BCUT2D eigenvalue weighted by Gasteiger charge is 2.22. The average molecular weight is 1280 g/mol. The summed E-state index contributed by atoms with van der Waals surface area (Å²) in [6.07, 6.45) is 94.5. The molecule has 2 atom stereocenters. The number of ether oxygens (including phenoxy) is 4. The molecule has 530 valence electrons. The standard InChI is InChI=1S/C82H149NO8/c1-6-8-10-12-14-16-18-20-22-24-26-28-30-32-33-34-35-36-37-38-39-40-41-42-43-44-45-46-47-49-51-53-55-57-59-61-63-65-67-69-71-73-80(85)91-78(77-90-82(81(86)87)88-75-74-83(3,4)5)76-89-79(84)72-70-68-66-64-62-60-58-56-54-52-50-48-31-29-27-25-23-21-19-17-15-13-11-9-7-2/h8,10,14,16,20,22,25-28,32-33,78,82H,6-7,9,11-13,15,17-19,21,23-24,29-31,34-77H2,1-5H3/b10-8-,16-14-,22-20-,27-25-,28-26-,33-32-. The monoisotopic (exact) mass is 1280 g/mol. The van der Waals surface area contributed by atoms with Gasteiger partial charge in [-0.3, -0.25) is 9.59 Å². The molecule has 0 rings (SSSR count). The Labute approximate surface area is 564 Å². The van der Waals surface area contributed by atoms with Gasteiger partial charge in [-0.05, 0) is 83.5 Å². The van der Waals surface area contributed by atoms with Gasteiger partial charge in [0.2, 0.25) is 0 Å². The maximum Gasteiger partial charge on any atom is 0.306 e.